The number of morpholine rings is 1. The first-order valence-corrected chi connectivity index (χ1v) is 8.98. The number of carbonyl (C=O) groups excluding carboxylic acids is 3. The second kappa shape index (κ2) is 6.63. The van der Waals surface area contributed by atoms with Crippen molar-refractivity contribution in [3.8, 4) is 0 Å². The summed E-state index contributed by atoms with van der Waals surface area (Å²) in [7, 11) is 0. The maximum Gasteiger partial charge on any atom is 0.266 e. The topological polar surface area (TPSA) is 66.9 Å². The molecule has 2 unspecified atom stereocenters. The third-order valence-electron chi connectivity index (χ3n) is 4.87. The van der Waals surface area contributed by atoms with Crippen LogP contribution >= 0.6 is 0 Å². The van der Waals surface area contributed by atoms with Crippen LogP contribution in [0, 0.1) is 0 Å². The molecular formula is C21H20N2O4. The second-order valence-electron chi connectivity index (χ2n) is 7.01. The van der Waals surface area contributed by atoms with Gasteiger partial charge < -0.3 is 9.64 Å². The lowest BCUT2D eigenvalue weighted by atomic mass is 10.1. The van der Waals surface area contributed by atoms with Crippen molar-refractivity contribution in [2.24, 2.45) is 0 Å². The zero-order chi connectivity index (χ0) is 19.1. The Labute approximate surface area is 157 Å². The Hall–Kier alpha value is -2.99. The Balaban J connectivity index is 1.56. The van der Waals surface area contributed by atoms with E-state index in [0.29, 0.717) is 35.5 Å². The van der Waals surface area contributed by atoms with Gasteiger partial charge in [-0.05, 0) is 50.2 Å². The Morgan fingerprint density at radius 1 is 0.889 bits per heavy atom. The number of imide groups is 1. The Morgan fingerprint density at radius 3 is 1.93 bits per heavy atom. The third kappa shape index (κ3) is 3.02. The summed E-state index contributed by atoms with van der Waals surface area (Å²) in [6, 6.07) is 13.4. The molecule has 2 aromatic rings. The Bertz CT molecular complexity index is 877. The standard InChI is InChI=1S/C21H20N2O4/c1-13-11-22(12-14(2)27-13)19(24)15-7-9-16(10-8-15)23-20(25)17-5-3-4-6-18(17)21(23)26/h3-10,13-14H,11-12H2,1-2H3. The van der Waals surface area contributed by atoms with Crippen molar-refractivity contribution in [3.05, 3.63) is 65.2 Å². The molecule has 1 fully saturated rings. The number of fused-ring (bicyclic) bond motifs is 1. The first-order chi connectivity index (χ1) is 13.0. The minimum atomic E-state index is -0.342. The van der Waals surface area contributed by atoms with Crippen molar-refractivity contribution in [1.29, 1.82) is 0 Å². The first-order valence-electron chi connectivity index (χ1n) is 8.98. The van der Waals surface area contributed by atoms with E-state index in [9.17, 15) is 14.4 Å². The predicted octanol–water partition coefficient (Wildman–Crippen LogP) is 2.74. The average Bonchev–Trinajstić information content (AvgIpc) is 2.92. The molecule has 2 aliphatic heterocycles. The number of nitrogens with zero attached hydrogens (tertiary/aromatic N) is 2. The monoisotopic (exact) mass is 364 g/mol. The van der Waals surface area contributed by atoms with Crippen LogP contribution in [0.15, 0.2) is 48.5 Å². The molecule has 2 atom stereocenters. The van der Waals surface area contributed by atoms with E-state index in [1.807, 2.05) is 13.8 Å². The number of rotatable bonds is 2. The van der Waals surface area contributed by atoms with Crippen LogP contribution in [0.25, 0.3) is 0 Å². The van der Waals surface area contributed by atoms with Crippen LogP contribution in [0.3, 0.4) is 0 Å². The average molecular weight is 364 g/mol. The molecule has 138 valence electrons. The summed E-state index contributed by atoms with van der Waals surface area (Å²) >= 11 is 0. The number of carbonyl (C=O) groups is 3. The van der Waals surface area contributed by atoms with Crippen molar-refractivity contribution in [3.63, 3.8) is 0 Å². The van der Waals surface area contributed by atoms with Gasteiger partial charge in [0.15, 0.2) is 0 Å². The molecule has 0 spiro atoms. The largest absolute Gasteiger partial charge is 0.372 e. The van der Waals surface area contributed by atoms with Crippen LogP contribution in [0.1, 0.15) is 44.9 Å². The number of amides is 3. The van der Waals surface area contributed by atoms with Gasteiger partial charge in [0.1, 0.15) is 0 Å². The van der Waals surface area contributed by atoms with Crippen molar-refractivity contribution in [1.82, 2.24) is 4.90 Å². The highest BCUT2D eigenvalue weighted by atomic mass is 16.5. The summed E-state index contributed by atoms with van der Waals surface area (Å²) < 4.78 is 5.67. The molecule has 0 bridgehead atoms. The molecule has 0 aromatic heterocycles. The van der Waals surface area contributed by atoms with Gasteiger partial charge in [0, 0.05) is 18.7 Å². The summed E-state index contributed by atoms with van der Waals surface area (Å²) in [6.07, 6.45) is -0.00867. The fraction of sp³-hybridized carbons (Fsp3) is 0.286. The first kappa shape index (κ1) is 17.4. The van der Waals surface area contributed by atoms with Crippen molar-refractivity contribution < 1.29 is 19.1 Å². The zero-order valence-electron chi connectivity index (χ0n) is 15.2. The highest BCUT2D eigenvalue weighted by Gasteiger charge is 2.36. The van der Waals surface area contributed by atoms with E-state index < -0.39 is 0 Å². The molecule has 0 N–H and O–H groups in total. The summed E-state index contributed by atoms with van der Waals surface area (Å²) in [6.45, 7) is 4.98. The van der Waals surface area contributed by atoms with Crippen molar-refractivity contribution >= 4 is 23.4 Å². The molecular weight excluding hydrogens is 344 g/mol. The molecule has 1 saturated heterocycles. The maximum absolute atomic E-state index is 12.8. The van der Waals surface area contributed by atoms with Crippen LogP contribution in [0.2, 0.25) is 0 Å². The fourth-order valence-electron chi connectivity index (χ4n) is 3.70. The van der Waals surface area contributed by atoms with Crippen molar-refractivity contribution in [2.45, 2.75) is 26.1 Å². The molecule has 0 aliphatic carbocycles. The third-order valence-corrected chi connectivity index (χ3v) is 4.87. The predicted molar refractivity (Wildman–Crippen MR) is 99.9 cm³/mol. The summed E-state index contributed by atoms with van der Waals surface area (Å²) in [4.78, 5) is 40.8. The summed E-state index contributed by atoms with van der Waals surface area (Å²) in [5, 5.41) is 0. The van der Waals surface area contributed by atoms with Crippen LogP contribution in [0.4, 0.5) is 5.69 Å². The van der Waals surface area contributed by atoms with E-state index in [1.165, 1.54) is 0 Å². The van der Waals surface area contributed by atoms with Gasteiger partial charge in [0.2, 0.25) is 0 Å². The van der Waals surface area contributed by atoms with Gasteiger partial charge in [0.05, 0.1) is 29.0 Å². The highest BCUT2D eigenvalue weighted by molar-refractivity contribution is 6.34. The maximum atomic E-state index is 12.8. The molecule has 2 heterocycles. The lowest BCUT2D eigenvalue weighted by molar-refractivity contribution is -0.0586. The lowest BCUT2D eigenvalue weighted by Crippen LogP contribution is -2.48. The van der Waals surface area contributed by atoms with E-state index in [2.05, 4.69) is 0 Å². The molecule has 3 amide bonds. The number of benzene rings is 2. The molecule has 2 aromatic carbocycles. The van der Waals surface area contributed by atoms with E-state index in [1.54, 1.807) is 53.4 Å². The van der Waals surface area contributed by atoms with Gasteiger partial charge in [-0.1, -0.05) is 12.1 Å². The molecule has 6 heteroatoms. The van der Waals surface area contributed by atoms with Gasteiger partial charge >= 0.3 is 0 Å². The van der Waals surface area contributed by atoms with Gasteiger partial charge in [0.25, 0.3) is 17.7 Å². The smallest absolute Gasteiger partial charge is 0.266 e. The molecule has 4 rings (SSSR count). The highest BCUT2D eigenvalue weighted by Crippen LogP contribution is 2.28. The molecule has 2 aliphatic rings. The Morgan fingerprint density at radius 2 is 1.41 bits per heavy atom. The number of hydrogen-bond acceptors (Lipinski definition) is 4. The number of ether oxygens (including phenoxy) is 1. The molecule has 0 saturated carbocycles. The van der Waals surface area contributed by atoms with Gasteiger partial charge in [-0.15, -0.1) is 0 Å². The van der Waals surface area contributed by atoms with Gasteiger partial charge in [-0.3, -0.25) is 14.4 Å². The normalized spacial score (nSPS) is 22.1. The molecule has 0 radical (unpaired) electrons. The van der Waals surface area contributed by atoms with Crippen LogP contribution in [0.5, 0.6) is 0 Å². The van der Waals surface area contributed by atoms with E-state index in [0.717, 1.165) is 4.90 Å². The number of hydrogen-bond donors (Lipinski definition) is 0. The quantitative estimate of drug-likeness (QED) is 0.769. The van der Waals surface area contributed by atoms with Crippen molar-refractivity contribution in [2.75, 3.05) is 18.0 Å². The zero-order valence-corrected chi connectivity index (χ0v) is 15.2. The minimum absolute atomic E-state index is 0.00433. The van der Waals surface area contributed by atoms with Gasteiger partial charge in [-0.25, -0.2) is 4.90 Å². The summed E-state index contributed by atoms with van der Waals surface area (Å²) in [5.41, 5.74) is 1.79. The minimum Gasteiger partial charge on any atom is -0.372 e. The fourth-order valence-corrected chi connectivity index (χ4v) is 3.70. The van der Waals surface area contributed by atoms with E-state index in [4.69, 9.17) is 4.74 Å². The van der Waals surface area contributed by atoms with Crippen LogP contribution in [-0.2, 0) is 4.74 Å². The number of anilines is 1. The van der Waals surface area contributed by atoms with E-state index >= 15 is 0 Å². The molecule has 27 heavy (non-hydrogen) atoms. The SMILES string of the molecule is CC1CN(C(=O)c2ccc(N3C(=O)c4ccccc4C3=O)cc2)CC(C)O1. The lowest BCUT2D eigenvalue weighted by Gasteiger charge is -2.35. The van der Waals surface area contributed by atoms with Gasteiger partial charge in [-0.2, -0.15) is 0 Å². The van der Waals surface area contributed by atoms with E-state index in [-0.39, 0.29) is 29.9 Å². The Kier molecular flexibility index (Phi) is 4.28. The summed E-state index contributed by atoms with van der Waals surface area (Å²) in [5.74, 6) is -0.762. The van der Waals surface area contributed by atoms with Crippen LogP contribution < -0.4 is 4.90 Å². The molecule has 6 nitrogen and oxygen atoms in total. The van der Waals surface area contributed by atoms with Crippen LogP contribution in [-0.4, -0.2) is 47.9 Å². The second-order valence-corrected chi connectivity index (χ2v) is 7.01.